The first-order valence-corrected chi connectivity index (χ1v) is 7.92. The van der Waals surface area contributed by atoms with E-state index < -0.39 is 10.9 Å². The SMILES string of the molecule is CCOc1cc(C=C[N+](=O)[O-])ccc1OC(=O)c1ccc(Cl)cc1Cl. The minimum Gasteiger partial charge on any atom is -0.490 e. The fourth-order valence-electron chi connectivity index (χ4n) is 1.94. The Morgan fingerprint density at radius 1 is 1.20 bits per heavy atom. The van der Waals surface area contributed by atoms with Gasteiger partial charge in [0.25, 0.3) is 0 Å². The van der Waals surface area contributed by atoms with Crippen LogP contribution in [0.15, 0.2) is 42.6 Å². The van der Waals surface area contributed by atoms with E-state index in [0.29, 0.717) is 17.2 Å². The molecule has 0 aliphatic rings. The zero-order valence-corrected chi connectivity index (χ0v) is 14.6. The van der Waals surface area contributed by atoms with Crippen molar-refractivity contribution in [2.24, 2.45) is 0 Å². The first-order chi connectivity index (χ1) is 11.9. The van der Waals surface area contributed by atoms with Gasteiger partial charge in [0.05, 0.1) is 22.1 Å². The maximum absolute atomic E-state index is 12.3. The molecule has 0 N–H and O–H groups in total. The molecule has 0 amide bonds. The van der Waals surface area contributed by atoms with Crippen LogP contribution in [0, 0.1) is 10.1 Å². The van der Waals surface area contributed by atoms with Crippen LogP contribution >= 0.6 is 23.2 Å². The van der Waals surface area contributed by atoms with Gasteiger partial charge in [-0.25, -0.2) is 4.79 Å². The lowest BCUT2D eigenvalue weighted by atomic mass is 10.2. The van der Waals surface area contributed by atoms with Crippen LogP contribution in [-0.2, 0) is 0 Å². The highest BCUT2D eigenvalue weighted by atomic mass is 35.5. The topological polar surface area (TPSA) is 78.7 Å². The van der Waals surface area contributed by atoms with Crippen LogP contribution in [0.5, 0.6) is 11.5 Å². The maximum Gasteiger partial charge on any atom is 0.345 e. The van der Waals surface area contributed by atoms with E-state index in [4.69, 9.17) is 32.7 Å². The van der Waals surface area contributed by atoms with Crippen LogP contribution in [0.1, 0.15) is 22.8 Å². The minimum atomic E-state index is -0.670. The average Bonchev–Trinajstić information content (AvgIpc) is 2.55. The van der Waals surface area contributed by atoms with Gasteiger partial charge in [-0.3, -0.25) is 10.1 Å². The summed E-state index contributed by atoms with van der Waals surface area (Å²) in [4.78, 5) is 22.1. The Morgan fingerprint density at radius 3 is 2.60 bits per heavy atom. The van der Waals surface area contributed by atoms with E-state index in [9.17, 15) is 14.9 Å². The van der Waals surface area contributed by atoms with E-state index in [-0.39, 0.29) is 22.1 Å². The molecular weight excluding hydrogens is 369 g/mol. The lowest BCUT2D eigenvalue weighted by molar-refractivity contribution is -0.400. The predicted octanol–water partition coefficient (Wildman–Crippen LogP) is 4.86. The summed E-state index contributed by atoms with van der Waals surface area (Å²) in [6, 6.07) is 9.02. The van der Waals surface area contributed by atoms with Crippen molar-refractivity contribution in [3.8, 4) is 11.5 Å². The number of hydrogen-bond acceptors (Lipinski definition) is 5. The van der Waals surface area contributed by atoms with Crippen LogP contribution in [0.3, 0.4) is 0 Å². The third-order valence-electron chi connectivity index (χ3n) is 3.01. The van der Waals surface area contributed by atoms with Crippen molar-refractivity contribution in [2.75, 3.05) is 6.61 Å². The zero-order chi connectivity index (χ0) is 18.4. The first kappa shape index (κ1) is 18.8. The summed E-state index contributed by atoms with van der Waals surface area (Å²) >= 11 is 11.8. The van der Waals surface area contributed by atoms with Crippen molar-refractivity contribution in [2.45, 2.75) is 6.92 Å². The Bertz CT molecular complexity index is 836. The van der Waals surface area contributed by atoms with Crippen molar-refractivity contribution < 1.29 is 19.2 Å². The molecule has 25 heavy (non-hydrogen) atoms. The fraction of sp³-hybridized carbons (Fsp3) is 0.118. The number of rotatable bonds is 6. The van der Waals surface area contributed by atoms with E-state index in [2.05, 4.69) is 0 Å². The molecule has 0 spiro atoms. The van der Waals surface area contributed by atoms with Gasteiger partial charge in [-0.15, -0.1) is 0 Å². The number of benzene rings is 2. The highest BCUT2D eigenvalue weighted by molar-refractivity contribution is 6.36. The van der Waals surface area contributed by atoms with Gasteiger partial charge in [-0.2, -0.15) is 0 Å². The molecule has 0 radical (unpaired) electrons. The quantitative estimate of drug-likeness (QED) is 0.309. The molecule has 0 unspecified atom stereocenters. The van der Waals surface area contributed by atoms with Crippen molar-refractivity contribution in [3.63, 3.8) is 0 Å². The van der Waals surface area contributed by atoms with Gasteiger partial charge >= 0.3 is 5.97 Å². The molecule has 2 rings (SSSR count). The van der Waals surface area contributed by atoms with Gasteiger partial charge in [-0.1, -0.05) is 29.3 Å². The van der Waals surface area contributed by atoms with Crippen molar-refractivity contribution in [1.29, 1.82) is 0 Å². The molecule has 8 heteroatoms. The van der Waals surface area contributed by atoms with Gasteiger partial charge < -0.3 is 9.47 Å². The van der Waals surface area contributed by atoms with Gasteiger partial charge in [-0.05, 0) is 42.8 Å². The number of hydrogen-bond donors (Lipinski definition) is 0. The number of nitrogens with zero attached hydrogens (tertiary/aromatic N) is 1. The molecule has 0 aromatic heterocycles. The molecule has 0 aliphatic heterocycles. The monoisotopic (exact) mass is 381 g/mol. The Kier molecular flexibility index (Phi) is 6.38. The van der Waals surface area contributed by atoms with Crippen LogP contribution in [-0.4, -0.2) is 17.5 Å². The molecule has 6 nitrogen and oxygen atoms in total. The zero-order valence-electron chi connectivity index (χ0n) is 13.1. The van der Waals surface area contributed by atoms with Gasteiger partial charge in [0.1, 0.15) is 0 Å². The Balaban J connectivity index is 2.28. The molecule has 2 aromatic rings. The Morgan fingerprint density at radius 2 is 1.96 bits per heavy atom. The number of carbonyl (C=O) groups is 1. The second kappa shape index (κ2) is 8.50. The summed E-state index contributed by atoms with van der Waals surface area (Å²) in [5.74, 6) is -0.209. The molecule has 0 bridgehead atoms. The van der Waals surface area contributed by atoms with Crippen molar-refractivity contribution in [1.82, 2.24) is 0 Å². The summed E-state index contributed by atoms with van der Waals surface area (Å²) < 4.78 is 10.8. The number of ether oxygens (including phenoxy) is 2. The van der Waals surface area contributed by atoms with Crippen LogP contribution in [0.25, 0.3) is 6.08 Å². The molecule has 0 heterocycles. The molecule has 130 valence electrons. The van der Waals surface area contributed by atoms with Gasteiger partial charge in [0.15, 0.2) is 11.5 Å². The lowest BCUT2D eigenvalue weighted by Gasteiger charge is -2.12. The summed E-state index contributed by atoms with van der Waals surface area (Å²) in [5, 5.41) is 11.0. The summed E-state index contributed by atoms with van der Waals surface area (Å²) in [6.07, 6.45) is 2.12. The van der Waals surface area contributed by atoms with Crippen LogP contribution in [0.4, 0.5) is 0 Å². The minimum absolute atomic E-state index is 0.158. The molecule has 2 aromatic carbocycles. The summed E-state index contributed by atoms with van der Waals surface area (Å²) in [5.41, 5.74) is 0.690. The van der Waals surface area contributed by atoms with Crippen molar-refractivity contribution in [3.05, 3.63) is 73.9 Å². The van der Waals surface area contributed by atoms with Crippen molar-refractivity contribution >= 4 is 35.2 Å². The Labute approximate surface area is 153 Å². The molecule has 0 saturated heterocycles. The van der Waals surface area contributed by atoms with Crippen LogP contribution in [0.2, 0.25) is 10.0 Å². The van der Waals surface area contributed by atoms with E-state index in [0.717, 1.165) is 6.20 Å². The van der Waals surface area contributed by atoms with Gasteiger partial charge in [0, 0.05) is 11.1 Å². The smallest absolute Gasteiger partial charge is 0.345 e. The standard InChI is InChI=1S/C17H13Cl2NO5/c1-2-24-16-9-11(7-8-20(22)23)3-6-15(16)25-17(21)13-5-4-12(18)10-14(13)19/h3-10H,2H2,1H3. The molecular formula is C17H13Cl2NO5. The van der Waals surface area contributed by atoms with E-state index >= 15 is 0 Å². The predicted molar refractivity (Wildman–Crippen MR) is 95.1 cm³/mol. The van der Waals surface area contributed by atoms with E-state index in [1.165, 1.54) is 36.4 Å². The second-order valence-corrected chi connectivity index (χ2v) is 5.60. The van der Waals surface area contributed by atoms with E-state index in [1.54, 1.807) is 13.0 Å². The lowest BCUT2D eigenvalue weighted by Crippen LogP contribution is -2.10. The highest BCUT2D eigenvalue weighted by Gasteiger charge is 2.16. The maximum atomic E-state index is 12.3. The summed E-state index contributed by atoms with van der Waals surface area (Å²) in [6.45, 7) is 2.09. The second-order valence-electron chi connectivity index (χ2n) is 4.75. The largest absolute Gasteiger partial charge is 0.490 e. The Hall–Kier alpha value is -2.57. The molecule has 0 aliphatic carbocycles. The average molecular weight is 382 g/mol. The number of carbonyl (C=O) groups excluding carboxylic acids is 1. The summed E-state index contributed by atoms with van der Waals surface area (Å²) in [7, 11) is 0. The highest BCUT2D eigenvalue weighted by Crippen LogP contribution is 2.31. The molecule has 0 atom stereocenters. The number of halogens is 2. The van der Waals surface area contributed by atoms with E-state index in [1.807, 2.05) is 0 Å². The third-order valence-corrected chi connectivity index (χ3v) is 3.56. The number of esters is 1. The molecule has 0 fully saturated rings. The third kappa shape index (κ3) is 5.20. The first-order valence-electron chi connectivity index (χ1n) is 7.16. The normalized spacial score (nSPS) is 10.7. The van der Waals surface area contributed by atoms with Gasteiger partial charge in [0.2, 0.25) is 6.20 Å². The fourth-order valence-corrected chi connectivity index (χ4v) is 2.42. The number of nitro groups is 1. The van der Waals surface area contributed by atoms with Crippen LogP contribution < -0.4 is 9.47 Å². The molecule has 0 saturated carbocycles.